The Morgan fingerprint density at radius 3 is 2.41 bits per heavy atom. The molecule has 1 heterocycles. The van der Waals surface area contributed by atoms with Crippen molar-refractivity contribution in [3.8, 4) is 0 Å². The Morgan fingerprint density at radius 2 is 1.81 bits per heavy atom. The van der Waals surface area contributed by atoms with Crippen LogP contribution in [0.2, 0.25) is 5.02 Å². The molecule has 1 N–H and O–H groups in total. The molecule has 0 saturated heterocycles. The number of hydrogen-bond donors (Lipinski definition) is 1. The summed E-state index contributed by atoms with van der Waals surface area (Å²) >= 11 is 5.99. The van der Waals surface area contributed by atoms with Gasteiger partial charge in [-0.1, -0.05) is 37.6 Å². The second-order valence-electron chi connectivity index (χ2n) is 6.26. The van der Waals surface area contributed by atoms with Crippen molar-refractivity contribution in [2.24, 2.45) is 0 Å². The summed E-state index contributed by atoms with van der Waals surface area (Å²) in [4.78, 5) is 30.6. The maximum Gasteiger partial charge on any atom is 0.220 e. The van der Waals surface area contributed by atoms with Crippen molar-refractivity contribution in [1.82, 2.24) is 15.2 Å². The van der Waals surface area contributed by atoms with Gasteiger partial charge in [0.25, 0.3) is 0 Å². The van der Waals surface area contributed by atoms with Crippen LogP contribution >= 0.6 is 11.6 Å². The van der Waals surface area contributed by atoms with Crippen molar-refractivity contribution in [3.63, 3.8) is 0 Å². The first-order valence-electron chi connectivity index (χ1n) is 9.24. The molecule has 6 heteroatoms. The summed E-state index contributed by atoms with van der Waals surface area (Å²) in [6.07, 6.45) is 3.48. The molecule has 2 rings (SSSR count). The third kappa shape index (κ3) is 6.45. The number of hydrogen-bond acceptors (Lipinski definition) is 4. The molecule has 1 atom stereocenters. The number of amides is 1. The first-order chi connectivity index (χ1) is 13.0. The van der Waals surface area contributed by atoms with Crippen LogP contribution in [-0.4, -0.2) is 41.2 Å². The highest BCUT2D eigenvalue weighted by molar-refractivity contribution is 6.30. The number of pyridine rings is 1. The molecule has 0 aliphatic carbocycles. The molecule has 144 valence electrons. The van der Waals surface area contributed by atoms with E-state index in [4.69, 9.17) is 11.6 Å². The van der Waals surface area contributed by atoms with Crippen molar-refractivity contribution in [2.75, 3.05) is 19.6 Å². The van der Waals surface area contributed by atoms with Crippen molar-refractivity contribution >= 4 is 23.3 Å². The Balaban J connectivity index is 1.92. The van der Waals surface area contributed by atoms with Gasteiger partial charge in [-0.2, -0.15) is 0 Å². The summed E-state index contributed by atoms with van der Waals surface area (Å²) in [6, 6.07) is 11.2. The second kappa shape index (κ2) is 10.8. The smallest absolute Gasteiger partial charge is 0.220 e. The third-order valence-corrected chi connectivity index (χ3v) is 4.82. The van der Waals surface area contributed by atoms with E-state index in [1.165, 1.54) is 6.20 Å². The van der Waals surface area contributed by atoms with Crippen molar-refractivity contribution in [2.45, 2.75) is 32.7 Å². The number of rotatable bonds is 10. The van der Waals surface area contributed by atoms with Crippen LogP contribution in [0.25, 0.3) is 0 Å². The lowest BCUT2D eigenvalue weighted by Crippen LogP contribution is -2.38. The Labute approximate surface area is 165 Å². The average molecular weight is 388 g/mol. The maximum atomic E-state index is 12.2. The van der Waals surface area contributed by atoms with E-state index in [0.717, 1.165) is 18.7 Å². The minimum atomic E-state index is -0.127. The lowest BCUT2D eigenvalue weighted by molar-refractivity contribution is -0.121. The highest BCUT2D eigenvalue weighted by Gasteiger charge is 2.19. The molecule has 0 aliphatic rings. The highest BCUT2D eigenvalue weighted by Crippen LogP contribution is 2.22. The zero-order valence-corrected chi connectivity index (χ0v) is 16.6. The maximum absolute atomic E-state index is 12.2. The van der Waals surface area contributed by atoms with Gasteiger partial charge < -0.3 is 5.32 Å². The molecule has 1 aromatic carbocycles. The summed E-state index contributed by atoms with van der Waals surface area (Å²) in [5.74, 6) is -0.199. The number of likely N-dealkylation sites (N-methyl/N-ethyl adjacent to an activating group) is 1. The summed E-state index contributed by atoms with van der Waals surface area (Å²) in [7, 11) is 0. The fourth-order valence-corrected chi connectivity index (χ4v) is 3.13. The van der Waals surface area contributed by atoms with E-state index in [2.05, 4.69) is 29.0 Å². The zero-order chi connectivity index (χ0) is 19.6. The monoisotopic (exact) mass is 387 g/mol. The molecule has 5 nitrogen and oxygen atoms in total. The van der Waals surface area contributed by atoms with Gasteiger partial charge in [0.05, 0.1) is 6.04 Å². The number of aromatic nitrogens is 1. The van der Waals surface area contributed by atoms with Crippen molar-refractivity contribution in [1.29, 1.82) is 0 Å². The highest BCUT2D eigenvalue weighted by atomic mass is 35.5. The van der Waals surface area contributed by atoms with E-state index in [1.807, 2.05) is 24.3 Å². The molecule has 0 saturated carbocycles. The minimum absolute atomic E-state index is 0.0650. The number of carbonyl (C=O) groups excluding carboxylic acids is 2. The molecule has 1 amide bonds. The van der Waals surface area contributed by atoms with Gasteiger partial charge in [0, 0.05) is 42.4 Å². The summed E-state index contributed by atoms with van der Waals surface area (Å²) in [5, 5.41) is 3.66. The Hall–Kier alpha value is -2.24. The van der Waals surface area contributed by atoms with Crippen LogP contribution in [0.5, 0.6) is 0 Å². The van der Waals surface area contributed by atoms with Crippen LogP contribution in [0.3, 0.4) is 0 Å². The third-order valence-electron chi connectivity index (χ3n) is 4.56. The number of nitrogens with zero attached hydrogens (tertiary/aromatic N) is 2. The predicted octanol–water partition coefficient (Wildman–Crippen LogP) is 3.90. The van der Waals surface area contributed by atoms with Crippen LogP contribution in [0.4, 0.5) is 0 Å². The van der Waals surface area contributed by atoms with E-state index in [0.29, 0.717) is 17.1 Å². The molecule has 27 heavy (non-hydrogen) atoms. The van der Waals surface area contributed by atoms with Crippen LogP contribution in [0, 0.1) is 0 Å². The molecule has 0 bridgehead atoms. The Kier molecular flexibility index (Phi) is 8.43. The molecule has 0 fully saturated rings. The van der Waals surface area contributed by atoms with Crippen LogP contribution < -0.4 is 5.32 Å². The van der Waals surface area contributed by atoms with Gasteiger partial charge >= 0.3 is 0 Å². The molecule has 1 unspecified atom stereocenters. The van der Waals surface area contributed by atoms with Gasteiger partial charge in [-0.15, -0.1) is 0 Å². The van der Waals surface area contributed by atoms with E-state index < -0.39 is 0 Å². The van der Waals surface area contributed by atoms with Crippen molar-refractivity contribution < 1.29 is 9.59 Å². The molecular weight excluding hydrogens is 362 g/mol. The Bertz CT molecular complexity index is 731. The lowest BCUT2D eigenvalue weighted by atomic mass is 10.0. The van der Waals surface area contributed by atoms with Gasteiger partial charge in [0.2, 0.25) is 5.91 Å². The number of benzene rings is 1. The molecule has 0 radical (unpaired) electrons. The first-order valence-corrected chi connectivity index (χ1v) is 9.62. The first kappa shape index (κ1) is 21.1. The number of halogens is 1. The number of ketones is 1. The molecule has 0 aliphatic heterocycles. The fourth-order valence-electron chi connectivity index (χ4n) is 3.01. The van der Waals surface area contributed by atoms with E-state index >= 15 is 0 Å². The van der Waals surface area contributed by atoms with E-state index in [1.54, 1.807) is 18.3 Å². The summed E-state index contributed by atoms with van der Waals surface area (Å²) in [5.41, 5.74) is 1.64. The van der Waals surface area contributed by atoms with Gasteiger partial charge in [0.1, 0.15) is 0 Å². The van der Waals surface area contributed by atoms with Crippen LogP contribution in [-0.2, 0) is 4.79 Å². The number of carbonyl (C=O) groups is 2. The van der Waals surface area contributed by atoms with Crippen LogP contribution in [0.15, 0.2) is 48.8 Å². The predicted molar refractivity (Wildman–Crippen MR) is 108 cm³/mol. The quantitative estimate of drug-likeness (QED) is 0.628. The van der Waals surface area contributed by atoms with E-state index in [-0.39, 0.29) is 30.6 Å². The van der Waals surface area contributed by atoms with Gasteiger partial charge in [0.15, 0.2) is 5.78 Å². The molecule has 2 aromatic rings. The summed E-state index contributed by atoms with van der Waals surface area (Å²) in [6.45, 7) is 6.43. The average Bonchev–Trinajstić information content (AvgIpc) is 2.70. The SMILES string of the molecule is CCN(CC)C(CNC(=O)CCC(=O)c1cccnc1)c1ccc(Cl)cc1. The largest absolute Gasteiger partial charge is 0.354 e. The number of nitrogens with one attached hydrogen (secondary N) is 1. The molecule has 1 aromatic heterocycles. The standard InChI is InChI=1S/C21H26ClN3O2/c1-3-25(4-2)19(16-7-9-18(22)10-8-16)15-24-21(27)12-11-20(26)17-6-5-13-23-14-17/h5-10,13-14,19H,3-4,11-12,15H2,1-2H3,(H,24,27). The molecular formula is C21H26ClN3O2. The molecule has 0 spiro atoms. The minimum Gasteiger partial charge on any atom is -0.354 e. The zero-order valence-electron chi connectivity index (χ0n) is 15.8. The topological polar surface area (TPSA) is 62.3 Å². The van der Waals surface area contributed by atoms with Crippen molar-refractivity contribution in [3.05, 3.63) is 64.9 Å². The van der Waals surface area contributed by atoms with Gasteiger partial charge in [-0.25, -0.2) is 0 Å². The normalized spacial score (nSPS) is 12.0. The van der Waals surface area contributed by atoms with E-state index in [9.17, 15) is 9.59 Å². The van der Waals surface area contributed by atoms with Gasteiger partial charge in [-0.3, -0.25) is 19.5 Å². The second-order valence-corrected chi connectivity index (χ2v) is 6.69. The fraction of sp³-hybridized carbons (Fsp3) is 0.381. The van der Waals surface area contributed by atoms with Crippen LogP contribution in [0.1, 0.15) is 48.7 Å². The van der Waals surface area contributed by atoms with Gasteiger partial charge in [-0.05, 0) is 42.9 Å². The summed E-state index contributed by atoms with van der Waals surface area (Å²) < 4.78 is 0. The Morgan fingerprint density at radius 1 is 1.11 bits per heavy atom. The lowest BCUT2D eigenvalue weighted by Gasteiger charge is -2.30. The number of Topliss-reactive ketones (excluding diaryl/α,β-unsaturated/α-hetero) is 1.